The average Bonchev–Trinajstić information content (AvgIpc) is 2.16. The number of hydrogen-bond acceptors (Lipinski definition) is 4. The summed E-state index contributed by atoms with van der Waals surface area (Å²) in [5.41, 5.74) is 10.1. The number of halogens is 2. The molecule has 6 heteroatoms. The second kappa shape index (κ2) is 3.98. The number of alkyl halides is 2. The Hall–Kier alpha value is -1.74. The molecule has 0 spiro atoms. The predicted octanol–water partition coefficient (Wildman–Crippen LogP) is 0.932. The number of nitrogen functional groups attached to an aromatic ring is 1. The summed E-state index contributed by atoms with van der Waals surface area (Å²) in [6.45, 7) is -0.157. The third-order valence-electron chi connectivity index (χ3n) is 1.71. The first-order valence-electron chi connectivity index (χ1n) is 3.77. The van der Waals surface area contributed by atoms with Crippen LogP contribution in [0.3, 0.4) is 0 Å². The van der Waals surface area contributed by atoms with Crippen LogP contribution in [-0.2, 0) is 6.54 Å². The first-order valence-corrected chi connectivity index (χ1v) is 3.77. The SMILES string of the molecule is N#Cc1cc(N)nc(C(F)F)c1CN. The fraction of sp³-hybridized carbons (Fsp3) is 0.250. The van der Waals surface area contributed by atoms with Gasteiger partial charge in [-0.1, -0.05) is 0 Å². The van der Waals surface area contributed by atoms with Crippen molar-refractivity contribution in [1.29, 1.82) is 5.26 Å². The molecule has 0 aliphatic heterocycles. The molecule has 0 aliphatic carbocycles. The molecule has 14 heavy (non-hydrogen) atoms. The molecule has 0 saturated carbocycles. The molecule has 0 aliphatic rings. The van der Waals surface area contributed by atoms with Crippen LogP contribution in [0, 0.1) is 11.3 Å². The number of nitrogens with zero attached hydrogens (tertiary/aromatic N) is 2. The van der Waals surface area contributed by atoms with Crippen molar-refractivity contribution in [2.45, 2.75) is 13.0 Å². The first kappa shape index (κ1) is 10.3. The minimum Gasteiger partial charge on any atom is -0.384 e. The van der Waals surface area contributed by atoms with E-state index >= 15 is 0 Å². The first-order chi connectivity index (χ1) is 6.60. The average molecular weight is 198 g/mol. The Bertz CT molecular complexity index is 384. The Balaban J connectivity index is 3.41. The Morgan fingerprint density at radius 3 is 2.64 bits per heavy atom. The standard InChI is InChI=1S/C8H8F2N4/c9-8(10)7-5(3-12)4(2-11)1-6(13)14-7/h1,8H,3,12H2,(H2,13,14). The molecule has 0 atom stereocenters. The molecule has 0 fully saturated rings. The summed E-state index contributed by atoms with van der Waals surface area (Å²) in [5, 5.41) is 8.65. The van der Waals surface area contributed by atoms with Gasteiger partial charge in [-0.2, -0.15) is 5.26 Å². The van der Waals surface area contributed by atoms with E-state index in [4.69, 9.17) is 16.7 Å². The summed E-state index contributed by atoms with van der Waals surface area (Å²) >= 11 is 0. The van der Waals surface area contributed by atoms with E-state index in [1.54, 1.807) is 6.07 Å². The van der Waals surface area contributed by atoms with Crippen molar-refractivity contribution in [2.24, 2.45) is 5.73 Å². The van der Waals surface area contributed by atoms with E-state index in [-0.39, 0.29) is 23.5 Å². The van der Waals surface area contributed by atoms with Gasteiger partial charge in [-0.25, -0.2) is 13.8 Å². The van der Waals surface area contributed by atoms with Gasteiger partial charge in [0.25, 0.3) is 6.43 Å². The summed E-state index contributed by atoms with van der Waals surface area (Å²) in [5.74, 6) is -0.103. The lowest BCUT2D eigenvalue weighted by molar-refractivity contribution is 0.145. The summed E-state index contributed by atoms with van der Waals surface area (Å²) in [6, 6.07) is 2.98. The van der Waals surface area contributed by atoms with Crippen molar-refractivity contribution in [3.63, 3.8) is 0 Å². The number of nitrogens with two attached hydrogens (primary N) is 2. The molecule has 0 unspecified atom stereocenters. The lowest BCUT2D eigenvalue weighted by Crippen LogP contribution is -2.09. The van der Waals surface area contributed by atoms with E-state index in [9.17, 15) is 8.78 Å². The van der Waals surface area contributed by atoms with Crippen molar-refractivity contribution in [3.8, 4) is 6.07 Å². The fourth-order valence-electron chi connectivity index (χ4n) is 1.11. The van der Waals surface area contributed by atoms with Gasteiger partial charge < -0.3 is 11.5 Å². The van der Waals surface area contributed by atoms with Gasteiger partial charge in [-0.3, -0.25) is 0 Å². The Kier molecular flexibility index (Phi) is 2.94. The van der Waals surface area contributed by atoms with Crippen molar-refractivity contribution in [2.75, 3.05) is 5.73 Å². The van der Waals surface area contributed by atoms with Gasteiger partial charge in [-0.15, -0.1) is 0 Å². The maximum absolute atomic E-state index is 12.4. The van der Waals surface area contributed by atoms with Gasteiger partial charge in [0.15, 0.2) is 0 Å². The molecule has 0 saturated heterocycles. The number of aromatic nitrogens is 1. The van der Waals surface area contributed by atoms with E-state index < -0.39 is 12.1 Å². The van der Waals surface area contributed by atoms with Crippen molar-refractivity contribution in [3.05, 3.63) is 22.9 Å². The van der Waals surface area contributed by atoms with Gasteiger partial charge in [0.1, 0.15) is 11.5 Å². The van der Waals surface area contributed by atoms with Crippen LogP contribution in [0.2, 0.25) is 0 Å². The van der Waals surface area contributed by atoms with E-state index in [1.807, 2.05) is 0 Å². The monoisotopic (exact) mass is 198 g/mol. The molecule has 1 heterocycles. The number of pyridine rings is 1. The summed E-state index contributed by atoms with van der Waals surface area (Å²) < 4.78 is 24.9. The second-order valence-electron chi connectivity index (χ2n) is 2.58. The van der Waals surface area contributed by atoms with Crippen LogP contribution in [0.15, 0.2) is 6.07 Å². The maximum atomic E-state index is 12.4. The van der Waals surface area contributed by atoms with Gasteiger partial charge >= 0.3 is 0 Å². The lowest BCUT2D eigenvalue weighted by atomic mass is 10.1. The summed E-state index contributed by atoms with van der Waals surface area (Å²) in [4.78, 5) is 3.45. The highest BCUT2D eigenvalue weighted by molar-refractivity contribution is 5.47. The number of anilines is 1. The Labute approximate surface area is 79.1 Å². The zero-order valence-corrected chi connectivity index (χ0v) is 7.17. The molecule has 0 radical (unpaired) electrons. The minimum atomic E-state index is -2.77. The molecule has 1 aromatic heterocycles. The zero-order chi connectivity index (χ0) is 10.7. The largest absolute Gasteiger partial charge is 0.384 e. The van der Waals surface area contributed by atoms with Crippen LogP contribution < -0.4 is 11.5 Å². The third-order valence-corrected chi connectivity index (χ3v) is 1.71. The van der Waals surface area contributed by atoms with Crippen LogP contribution in [0.4, 0.5) is 14.6 Å². The third kappa shape index (κ3) is 1.78. The smallest absolute Gasteiger partial charge is 0.280 e. The molecule has 0 amide bonds. The molecule has 74 valence electrons. The summed E-state index contributed by atoms with van der Waals surface area (Å²) in [7, 11) is 0. The van der Waals surface area contributed by atoms with Gasteiger partial charge in [0, 0.05) is 12.1 Å². The van der Waals surface area contributed by atoms with E-state index in [0.29, 0.717) is 0 Å². The van der Waals surface area contributed by atoms with Crippen molar-refractivity contribution < 1.29 is 8.78 Å². The highest BCUT2D eigenvalue weighted by Crippen LogP contribution is 2.24. The molecule has 4 nitrogen and oxygen atoms in total. The number of rotatable bonds is 2. The van der Waals surface area contributed by atoms with Gasteiger partial charge in [-0.05, 0) is 6.07 Å². The predicted molar refractivity (Wildman–Crippen MR) is 46.2 cm³/mol. The lowest BCUT2D eigenvalue weighted by Gasteiger charge is -2.08. The molecular weight excluding hydrogens is 190 g/mol. The molecule has 1 rings (SSSR count). The number of hydrogen-bond donors (Lipinski definition) is 2. The minimum absolute atomic E-state index is 0.0512. The molecular formula is C8H8F2N4. The van der Waals surface area contributed by atoms with Crippen molar-refractivity contribution >= 4 is 5.82 Å². The zero-order valence-electron chi connectivity index (χ0n) is 7.17. The summed E-state index contributed by atoms with van der Waals surface area (Å²) in [6.07, 6.45) is -2.77. The normalized spacial score (nSPS) is 10.2. The molecule has 4 N–H and O–H groups in total. The fourth-order valence-corrected chi connectivity index (χ4v) is 1.11. The molecule has 1 aromatic rings. The van der Waals surface area contributed by atoms with Crippen LogP contribution >= 0.6 is 0 Å². The van der Waals surface area contributed by atoms with Crippen LogP contribution in [0.5, 0.6) is 0 Å². The second-order valence-corrected chi connectivity index (χ2v) is 2.58. The van der Waals surface area contributed by atoms with Gasteiger partial charge in [0.05, 0.1) is 11.6 Å². The number of nitriles is 1. The van der Waals surface area contributed by atoms with E-state index in [2.05, 4.69) is 4.98 Å². The molecule has 0 aromatic carbocycles. The Morgan fingerprint density at radius 1 is 1.57 bits per heavy atom. The quantitative estimate of drug-likeness (QED) is 0.739. The molecule has 0 bridgehead atoms. The van der Waals surface area contributed by atoms with Crippen LogP contribution in [0.1, 0.15) is 23.2 Å². The Morgan fingerprint density at radius 2 is 2.21 bits per heavy atom. The van der Waals surface area contributed by atoms with Crippen molar-refractivity contribution in [1.82, 2.24) is 4.98 Å². The van der Waals surface area contributed by atoms with E-state index in [1.165, 1.54) is 6.07 Å². The highest BCUT2D eigenvalue weighted by atomic mass is 19.3. The van der Waals surface area contributed by atoms with E-state index in [0.717, 1.165) is 0 Å². The van der Waals surface area contributed by atoms with Crippen LogP contribution in [0.25, 0.3) is 0 Å². The topological polar surface area (TPSA) is 88.7 Å². The van der Waals surface area contributed by atoms with Crippen LogP contribution in [-0.4, -0.2) is 4.98 Å². The van der Waals surface area contributed by atoms with Gasteiger partial charge in [0.2, 0.25) is 0 Å². The maximum Gasteiger partial charge on any atom is 0.280 e. The highest BCUT2D eigenvalue weighted by Gasteiger charge is 2.18.